The highest BCUT2D eigenvalue weighted by molar-refractivity contribution is 8.05. The van der Waals surface area contributed by atoms with Crippen LogP contribution in [0.15, 0.2) is 11.1 Å². The molecule has 3 rings (SSSR count). The van der Waals surface area contributed by atoms with Gasteiger partial charge in [-0.1, -0.05) is 0 Å². The zero-order chi connectivity index (χ0) is 15.2. The van der Waals surface area contributed by atoms with Crippen molar-refractivity contribution >= 4 is 36.5 Å². The summed E-state index contributed by atoms with van der Waals surface area (Å²) in [7, 11) is -4.53. The number of nitrogens with one attached hydrogen (secondary N) is 1. The zero-order valence-corrected chi connectivity index (χ0v) is 12.2. The van der Waals surface area contributed by atoms with Crippen LogP contribution in [0.4, 0.5) is 5.95 Å². The number of H-pyrrole nitrogens is 1. The minimum absolute atomic E-state index is 0.0340. The number of aromatic nitrogens is 4. The Bertz CT molecular complexity index is 784. The lowest BCUT2D eigenvalue weighted by atomic mass is 10.4. The molecule has 2 aromatic rings. The lowest BCUT2D eigenvalue weighted by molar-refractivity contribution is -0.201. The summed E-state index contributed by atoms with van der Waals surface area (Å²) in [6, 6.07) is 0. The molecule has 21 heavy (non-hydrogen) atoms. The van der Waals surface area contributed by atoms with Crippen LogP contribution >= 0.6 is 19.4 Å². The Morgan fingerprint density at radius 2 is 2.48 bits per heavy atom. The Kier molecular flexibility index (Phi) is 3.54. The first kappa shape index (κ1) is 14.5. The fourth-order valence-electron chi connectivity index (χ4n) is 2.02. The van der Waals surface area contributed by atoms with Crippen molar-refractivity contribution in [1.82, 2.24) is 19.5 Å². The number of imidazole rings is 1. The van der Waals surface area contributed by atoms with E-state index in [0.717, 1.165) is 11.8 Å². The van der Waals surface area contributed by atoms with E-state index in [1.165, 1.54) is 6.33 Å². The molecule has 12 heteroatoms. The number of nitrogens with zero attached hydrogens (tertiary/aromatic N) is 3. The Balaban J connectivity index is 1.84. The maximum absolute atomic E-state index is 11.6. The molecule has 3 atom stereocenters. The van der Waals surface area contributed by atoms with E-state index >= 15 is 0 Å². The van der Waals surface area contributed by atoms with Gasteiger partial charge in [0.25, 0.3) is 5.56 Å². The van der Waals surface area contributed by atoms with Crippen molar-refractivity contribution in [1.29, 1.82) is 0 Å². The molecule has 0 amide bonds. The van der Waals surface area contributed by atoms with Gasteiger partial charge < -0.3 is 29.4 Å². The molecular formula is C9H11N5O5PS-. The van der Waals surface area contributed by atoms with Gasteiger partial charge in [-0.15, -0.1) is 11.8 Å². The highest BCUT2D eigenvalue weighted by Gasteiger charge is 2.33. The van der Waals surface area contributed by atoms with Crippen LogP contribution < -0.4 is 16.2 Å². The van der Waals surface area contributed by atoms with E-state index in [2.05, 4.69) is 15.0 Å². The van der Waals surface area contributed by atoms with E-state index in [0.29, 0.717) is 11.4 Å². The predicted octanol–water partition coefficient (Wildman–Crippen LogP) is -1.34. The van der Waals surface area contributed by atoms with Gasteiger partial charge in [0, 0.05) is 5.75 Å². The van der Waals surface area contributed by atoms with Crippen LogP contribution in [0.3, 0.4) is 0 Å². The van der Waals surface area contributed by atoms with Crippen molar-refractivity contribution in [3.8, 4) is 0 Å². The quantitative estimate of drug-likeness (QED) is 0.578. The molecule has 1 saturated heterocycles. The fraction of sp³-hybridized carbons (Fsp3) is 0.444. The van der Waals surface area contributed by atoms with E-state index in [1.54, 1.807) is 4.57 Å². The summed E-state index contributed by atoms with van der Waals surface area (Å²) in [5.41, 5.74) is 5.47. The summed E-state index contributed by atoms with van der Waals surface area (Å²) in [5, 5.41) is -1.27. The molecule has 0 bridgehead atoms. The lowest BCUT2D eigenvalue weighted by Gasteiger charge is -2.22. The third-order valence-corrected chi connectivity index (χ3v) is 5.75. The number of hydrogen-bond acceptors (Lipinski definition) is 8. The summed E-state index contributed by atoms with van der Waals surface area (Å²) in [6.07, 6.45) is 0.956. The molecule has 1 aliphatic heterocycles. The van der Waals surface area contributed by atoms with Crippen molar-refractivity contribution in [3.05, 3.63) is 16.7 Å². The molecule has 114 valence electrons. The van der Waals surface area contributed by atoms with Gasteiger partial charge in [-0.2, -0.15) is 4.98 Å². The number of fused-ring (bicyclic) bond motifs is 1. The summed E-state index contributed by atoms with van der Waals surface area (Å²) in [5.74, 6) is 0.351. The van der Waals surface area contributed by atoms with Crippen LogP contribution in [0, 0.1) is 0 Å². The molecular weight excluding hydrogens is 321 g/mol. The molecule has 1 fully saturated rings. The van der Waals surface area contributed by atoms with Crippen LogP contribution in [0.25, 0.3) is 11.2 Å². The van der Waals surface area contributed by atoms with Crippen molar-refractivity contribution < 1.29 is 19.1 Å². The molecule has 0 spiro atoms. The van der Waals surface area contributed by atoms with Gasteiger partial charge in [0.15, 0.2) is 23.9 Å². The van der Waals surface area contributed by atoms with Crippen LogP contribution in [0.2, 0.25) is 0 Å². The number of nitrogen functional groups attached to an aromatic ring is 1. The largest absolute Gasteiger partial charge is 0.776 e. The number of hydrogen-bond donors (Lipinski definition) is 3. The fourth-order valence-corrected chi connectivity index (χ4v) is 4.16. The Hall–Kier alpha value is -1.39. The molecule has 1 aliphatic rings. The first-order valence-electron chi connectivity index (χ1n) is 5.86. The summed E-state index contributed by atoms with van der Waals surface area (Å²) < 4.78 is 17.8. The monoisotopic (exact) mass is 332 g/mol. The topological polar surface area (TPSA) is 159 Å². The molecule has 10 nitrogen and oxygen atoms in total. The van der Waals surface area contributed by atoms with Crippen molar-refractivity contribution in [3.63, 3.8) is 0 Å². The Morgan fingerprint density at radius 3 is 3.14 bits per heavy atom. The zero-order valence-electron chi connectivity index (χ0n) is 10.5. The Labute approximate surface area is 121 Å². The van der Waals surface area contributed by atoms with E-state index in [9.17, 15) is 14.3 Å². The number of rotatable bonds is 3. The number of nitrogens with two attached hydrogens (primary N) is 1. The van der Waals surface area contributed by atoms with Crippen LogP contribution in [0.1, 0.15) is 0 Å². The molecule has 0 aromatic carbocycles. The van der Waals surface area contributed by atoms with E-state index in [4.69, 9.17) is 15.4 Å². The minimum Gasteiger partial charge on any atom is -0.776 e. The molecule has 3 unspecified atom stereocenters. The average molecular weight is 332 g/mol. The van der Waals surface area contributed by atoms with Gasteiger partial charge in [0.2, 0.25) is 5.95 Å². The molecule has 2 aromatic heterocycles. The first-order valence-corrected chi connectivity index (χ1v) is 8.55. The summed E-state index contributed by atoms with van der Waals surface area (Å²) in [4.78, 5) is 41.9. The second-order valence-electron chi connectivity index (χ2n) is 4.48. The number of anilines is 1. The highest BCUT2D eigenvalue weighted by Crippen LogP contribution is 2.48. The van der Waals surface area contributed by atoms with Crippen LogP contribution in [-0.2, 0) is 15.8 Å². The van der Waals surface area contributed by atoms with Crippen molar-refractivity contribution in [2.75, 3.05) is 11.5 Å². The third-order valence-electron chi connectivity index (χ3n) is 2.89. The van der Waals surface area contributed by atoms with Crippen LogP contribution in [0.5, 0.6) is 0 Å². The van der Waals surface area contributed by atoms with Gasteiger partial charge in [-0.3, -0.25) is 9.78 Å². The number of thioether (sulfide) groups is 1. The van der Waals surface area contributed by atoms with E-state index < -0.39 is 24.4 Å². The van der Waals surface area contributed by atoms with Gasteiger partial charge in [-0.05, 0) is 0 Å². The van der Waals surface area contributed by atoms with Gasteiger partial charge in [-0.25, -0.2) is 4.98 Å². The normalized spacial score (nSPS) is 25.2. The van der Waals surface area contributed by atoms with Gasteiger partial charge >= 0.3 is 0 Å². The lowest BCUT2D eigenvalue weighted by Crippen LogP contribution is -2.21. The number of aromatic amines is 1. The average Bonchev–Trinajstić information content (AvgIpc) is 2.97. The molecule has 0 aliphatic carbocycles. The van der Waals surface area contributed by atoms with Crippen molar-refractivity contribution in [2.24, 2.45) is 0 Å². The van der Waals surface area contributed by atoms with Gasteiger partial charge in [0.05, 0.1) is 19.0 Å². The van der Waals surface area contributed by atoms with Gasteiger partial charge in [0.1, 0.15) is 0 Å². The maximum Gasteiger partial charge on any atom is 0.280 e. The second kappa shape index (κ2) is 5.11. The van der Waals surface area contributed by atoms with Crippen molar-refractivity contribution in [2.45, 2.75) is 17.8 Å². The van der Waals surface area contributed by atoms with E-state index in [-0.39, 0.29) is 18.0 Å². The van der Waals surface area contributed by atoms with E-state index in [1.807, 2.05) is 0 Å². The molecule has 4 N–H and O–H groups in total. The minimum atomic E-state index is -4.53. The summed E-state index contributed by atoms with van der Waals surface area (Å²) >= 11 is 0.996. The standard InChI is InChI=1S/C9H12N5O5PS/c10-8-12-6-5(7(15)13-8)11-3-14(6)1-4-2-21-9(19-4)20(16,17)18/h3-4,9H,1-2H2,(H2,16,17,18)(H3,10,12,13,15)/p-1. The summed E-state index contributed by atoms with van der Waals surface area (Å²) in [6.45, 7) is 0.246. The SMILES string of the molecule is Nc1nc2c(ncn2CC2CSC(P(=O)([O-])O)O2)c(=O)[nH]1. The highest BCUT2D eigenvalue weighted by atomic mass is 32.2. The smallest absolute Gasteiger partial charge is 0.280 e. The predicted molar refractivity (Wildman–Crippen MR) is 73.5 cm³/mol. The molecule has 3 heterocycles. The number of ether oxygens (including phenoxy) is 1. The third kappa shape index (κ3) is 2.83. The molecule has 0 saturated carbocycles. The Morgan fingerprint density at radius 1 is 1.71 bits per heavy atom. The second-order valence-corrected chi connectivity index (χ2v) is 7.52. The van der Waals surface area contributed by atoms with Crippen LogP contribution in [-0.4, -0.2) is 41.4 Å². The molecule has 0 radical (unpaired) electrons. The first-order chi connectivity index (χ1) is 9.84. The maximum atomic E-state index is 11.6.